The Balaban J connectivity index is 2.42. The van der Waals surface area contributed by atoms with Crippen LogP contribution in [-0.2, 0) is 9.59 Å². The van der Waals surface area contributed by atoms with Crippen LogP contribution in [-0.4, -0.2) is 30.3 Å². The average Bonchev–Trinajstić information content (AvgIpc) is 2.38. The number of nitrogens with two attached hydrogens (primary N) is 2. The van der Waals surface area contributed by atoms with Crippen molar-refractivity contribution in [3.8, 4) is 0 Å². The molecule has 0 aliphatic carbocycles. The van der Waals surface area contributed by atoms with Crippen LogP contribution in [0.25, 0.3) is 0 Å². The Kier molecular flexibility index (Phi) is 3.60. The van der Waals surface area contributed by atoms with Crippen LogP contribution in [0.2, 0.25) is 0 Å². The number of benzene rings is 1. The van der Waals surface area contributed by atoms with Gasteiger partial charge in [-0.25, -0.2) is 0 Å². The summed E-state index contributed by atoms with van der Waals surface area (Å²) >= 11 is 0. The molecule has 106 valence electrons. The first kappa shape index (κ1) is 13.9. The molecule has 0 bridgehead atoms. The summed E-state index contributed by atoms with van der Waals surface area (Å²) in [6.45, 7) is 1.89. The highest BCUT2D eigenvalue weighted by Crippen LogP contribution is 2.25. The van der Waals surface area contributed by atoms with E-state index in [0.717, 1.165) is 0 Å². The fourth-order valence-corrected chi connectivity index (χ4v) is 2.28. The van der Waals surface area contributed by atoms with Crippen LogP contribution in [0.5, 0.6) is 0 Å². The SMILES string of the molecule is CCC1C(=O)NC(=O)CN1c1ccc(N)c(C(N)=O)c1. The number of rotatable bonds is 3. The van der Waals surface area contributed by atoms with E-state index in [-0.39, 0.29) is 29.6 Å². The second kappa shape index (κ2) is 5.20. The zero-order valence-electron chi connectivity index (χ0n) is 11.1. The molecule has 1 atom stereocenters. The summed E-state index contributed by atoms with van der Waals surface area (Å²) in [7, 11) is 0. The number of nitrogens with zero attached hydrogens (tertiary/aromatic N) is 1. The van der Waals surface area contributed by atoms with Gasteiger partial charge >= 0.3 is 0 Å². The molecule has 0 saturated carbocycles. The second-order valence-electron chi connectivity index (χ2n) is 4.60. The second-order valence-corrected chi connectivity index (χ2v) is 4.60. The Labute approximate surface area is 115 Å². The number of hydrogen-bond donors (Lipinski definition) is 3. The highest BCUT2D eigenvalue weighted by atomic mass is 16.2. The molecule has 1 heterocycles. The van der Waals surface area contributed by atoms with Crippen molar-refractivity contribution in [2.75, 3.05) is 17.2 Å². The number of carbonyl (C=O) groups excluding carboxylic acids is 3. The molecule has 0 spiro atoms. The minimum Gasteiger partial charge on any atom is -0.398 e. The van der Waals surface area contributed by atoms with E-state index in [4.69, 9.17) is 11.5 Å². The van der Waals surface area contributed by atoms with Gasteiger partial charge in [-0.15, -0.1) is 0 Å². The normalized spacial score (nSPS) is 18.9. The van der Waals surface area contributed by atoms with Gasteiger partial charge in [0.2, 0.25) is 11.8 Å². The van der Waals surface area contributed by atoms with Crippen LogP contribution in [0.4, 0.5) is 11.4 Å². The molecule has 7 heteroatoms. The van der Waals surface area contributed by atoms with Crippen molar-refractivity contribution in [3.05, 3.63) is 23.8 Å². The lowest BCUT2D eigenvalue weighted by molar-refractivity contribution is -0.132. The third kappa shape index (κ3) is 2.42. The molecule has 1 aliphatic heterocycles. The molecule has 2 rings (SSSR count). The number of primary amides is 1. The van der Waals surface area contributed by atoms with E-state index in [9.17, 15) is 14.4 Å². The van der Waals surface area contributed by atoms with Gasteiger partial charge in [-0.2, -0.15) is 0 Å². The molecule has 3 amide bonds. The first-order valence-electron chi connectivity index (χ1n) is 6.23. The molecule has 5 N–H and O–H groups in total. The van der Waals surface area contributed by atoms with Crippen molar-refractivity contribution in [2.45, 2.75) is 19.4 Å². The van der Waals surface area contributed by atoms with Crippen molar-refractivity contribution in [1.29, 1.82) is 0 Å². The van der Waals surface area contributed by atoms with E-state index < -0.39 is 11.9 Å². The van der Waals surface area contributed by atoms with Gasteiger partial charge in [0.15, 0.2) is 0 Å². The largest absolute Gasteiger partial charge is 0.398 e. The van der Waals surface area contributed by atoms with Crippen LogP contribution in [0.3, 0.4) is 0 Å². The molecule has 1 fully saturated rings. The number of hydrogen-bond acceptors (Lipinski definition) is 5. The van der Waals surface area contributed by atoms with Crippen molar-refractivity contribution in [2.24, 2.45) is 5.73 Å². The Hall–Kier alpha value is -2.57. The van der Waals surface area contributed by atoms with Gasteiger partial charge < -0.3 is 16.4 Å². The van der Waals surface area contributed by atoms with Gasteiger partial charge in [-0.3, -0.25) is 19.7 Å². The lowest BCUT2D eigenvalue weighted by atomic mass is 10.1. The van der Waals surface area contributed by atoms with Crippen LogP contribution in [0.1, 0.15) is 23.7 Å². The first-order chi connectivity index (χ1) is 9.43. The third-order valence-corrected chi connectivity index (χ3v) is 3.28. The van der Waals surface area contributed by atoms with Crippen molar-refractivity contribution < 1.29 is 14.4 Å². The molecule has 0 radical (unpaired) electrons. The summed E-state index contributed by atoms with van der Waals surface area (Å²) in [4.78, 5) is 36.3. The van der Waals surface area contributed by atoms with Gasteiger partial charge in [0.05, 0.1) is 12.1 Å². The van der Waals surface area contributed by atoms with Gasteiger partial charge in [0.1, 0.15) is 6.04 Å². The lowest BCUT2D eigenvalue weighted by Gasteiger charge is -2.35. The zero-order valence-corrected chi connectivity index (χ0v) is 11.1. The highest BCUT2D eigenvalue weighted by Gasteiger charge is 2.32. The fourth-order valence-electron chi connectivity index (χ4n) is 2.28. The summed E-state index contributed by atoms with van der Waals surface area (Å²) < 4.78 is 0. The Bertz CT molecular complexity index is 585. The number of nitrogen functional groups attached to an aromatic ring is 1. The minimum absolute atomic E-state index is 0.0480. The van der Waals surface area contributed by atoms with E-state index in [1.165, 1.54) is 6.07 Å². The van der Waals surface area contributed by atoms with E-state index in [2.05, 4.69) is 5.32 Å². The maximum Gasteiger partial charge on any atom is 0.250 e. The quantitative estimate of drug-likeness (QED) is 0.513. The predicted octanol–water partition coefficient (Wildman–Crippen LogP) is -0.391. The first-order valence-corrected chi connectivity index (χ1v) is 6.23. The van der Waals surface area contributed by atoms with Gasteiger partial charge in [0, 0.05) is 11.4 Å². The third-order valence-electron chi connectivity index (χ3n) is 3.28. The van der Waals surface area contributed by atoms with Crippen LogP contribution in [0, 0.1) is 0 Å². The molecule has 1 aromatic rings. The van der Waals surface area contributed by atoms with E-state index in [1.807, 2.05) is 6.92 Å². The molecule has 7 nitrogen and oxygen atoms in total. The monoisotopic (exact) mass is 276 g/mol. The van der Waals surface area contributed by atoms with Crippen molar-refractivity contribution in [1.82, 2.24) is 5.32 Å². The fraction of sp³-hybridized carbons (Fsp3) is 0.308. The summed E-state index contributed by atoms with van der Waals surface area (Å²) in [5.41, 5.74) is 11.9. The van der Waals surface area contributed by atoms with Crippen molar-refractivity contribution >= 4 is 29.1 Å². The maximum absolute atomic E-state index is 11.8. The summed E-state index contributed by atoms with van der Waals surface area (Å²) in [6.07, 6.45) is 0.537. The molecular weight excluding hydrogens is 260 g/mol. The number of carbonyl (C=O) groups is 3. The maximum atomic E-state index is 11.8. The predicted molar refractivity (Wildman–Crippen MR) is 73.9 cm³/mol. The topological polar surface area (TPSA) is 119 Å². The number of piperazine rings is 1. The van der Waals surface area contributed by atoms with Crippen molar-refractivity contribution in [3.63, 3.8) is 0 Å². The van der Waals surface area contributed by atoms with E-state index in [0.29, 0.717) is 12.1 Å². The van der Waals surface area contributed by atoms with E-state index >= 15 is 0 Å². The van der Waals surface area contributed by atoms with E-state index in [1.54, 1.807) is 17.0 Å². The Morgan fingerprint density at radius 1 is 1.45 bits per heavy atom. The highest BCUT2D eigenvalue weighted by molar-refractivity contribution is 6.05. The molecule has 20 heavy (non-hydrogen) atoms. The van der Waals surface area contributed by atoms with Crippen LogP contribution < -0.4 is 21.7 Å². The lowest BCUT2D eigenvalue weighted by Crippen LogP contribution is -2.58. The summed E-state index contributed by atoms with van der Waals surface area (Å²) in [5.74, 6) is -1.37. The minimum atomic E-state index is -0.648. The average molecular weight is 276 g/mol. The summed E-state index contributed by atoms with van der Waals surface area (Å²) in [5, 5.41) is 2.29. The standard InChI is InChI=1S/C13H16N4O3/c1-2-10-13(20)16-11(18)6-17(10)7-3-4-9(14)8(5-7)12(15)19/h3-5,10H,2,6,14H2,1H3,(H2,15,19)(H,16,18,20). The molecule has 1 saturated heterocycles. The molecular formula is C13H16N4O3. The molecule has 1 unspecified atom stereocenters. The van der Waals surface area contributed by atoms with Crippen LogP contribution >= 0.6 is 0 Å². The zero-order chi connectivity index (χ0) is 14.9. The van der Waals surface area contributed by atoms with Gasteiger partial charge in [0.25, 0.3) is 5.91 Å². The Morgan fingerprint density at radius 3 is 2.75 bits per heavy atom. The smallest absolute Gasteiger partial charge is 0.250 e. The molecule has 1 aromatic carbocycles. The van der Waals surface area contributed by atoms with Gasteiger partial charge in [-0.1, -0.05) is 6.92 Å². The number of imide groups is 1. The number of nitrogens with one attached hydrogen (secondary N) is 1. The summed E-state index contributed by atoms with van der Waals surface area (Å²) in [6, 6.07) is 4.25. The number of anilines is 2. The van der Waals surface area contributed by atoms with Gasteiger partial charge in [-0.05, 0) is 24.6 Å². The Morgan fingerprint density at radius 2 is 2.15 bits per heavy atom. The van der Waals surface area contributed by atoms with Crippen LogP contribution in [0.15, 0.2) is 18.2 Å². The molecule has 1 aliphatic rings. The number of amides is 3. The molecule has 0 aromatic heterocycles.